The lowest BCUT2D eigenvalue weighted by molar-refractivity contribution is -0.440. The maximum atomic E-state index is 12.2. The Labute approximate surface area is 123 Å². The zero-order valence-corrected chi connectivity index (χ0v) is 11.1. The van der Waals surface area contributed by atoms with Crippen molar-refractivity contribution in [3.8, 4) is 0 Å². The molecular weight excluding hydrogens is 290 g/mol. The Balaban J connectivity index is 2.26. The van der Waals surface area contributed by atoms with E-state index in [0.717, 1.165) is 6.08 Å². The summed E-state index contributed by atoms with van der Waals surface area (Å²) in [4.78, 5) is 34.6. The number of carbonyl (C=O) groups is 2. The van der Waals surface area contributed by atoms with E-state index in [-0.39, 0.29) is 16.9 Å². The molecule has 0 fully saturated rings. The van der Waals surface area contributed by atoms with E-state index in [4.69, 9.17) is 4.42 Å². The third-order valence-electron chi connectivity index (χ3n) is 3.49. The molecule has 0 spiro atoms. The minimum Gasteiger partial charge on any atom is -0.465 e. The minimum atomic E-state index is -2.62. The molecule has 0 saturated heterocycles. The molecule has 1 heterocycles. The van der Waals surface area contributed by atoms with Gasteiger partial charge in [0.2, 0.25) is 11.4 Å². The molecule has 1 aromatic carbocycles. The molecule has 7 nitrogen and oxygen atoms in total. The number of furan rings is 1. The first-order chi connectivity index (χ1) is 10.5. The molecule has 0 saturated carbocycles. The predicted molar refractivity (Wildman–Crippen MR) is 73.4 cm³/mol. The van der Waals surface area contributed by atoms with Gasteiger partial charge >= 0.3 is 0 Å². The van der Waals surface area contributed by atoms with Crippen molar-refractivity contribution < 1.29 is 24.0 Å². The lowest BCUT2D eigenvalue weighted by Crippen LogP contribution is -2.38. The van der Waals surface area contributed by atoms with Crippen molar-refractivity contribution in [2.75, 3.05) is 0 Å². The number of carbonyl (C=O) groups excluding carboxylic acids is 2. The number of hydrogen-bond donors (Lipinski definition) is 1. The lowest BCUT2D eigenvalue weighted by atomic mass is 9.91. The van der Waals surface area contributed by atoms with Gasteiger partial charge < -0.3 is 9.52 Å². The molecule has 0 bridgehead atoms. The van der Waals surface area contributed by atoms with Gasteiger partial charge in [-0.25, -0.2) is 0 Å². The van der Waals surface area contributed by atoms with Crippen LogP contribution in [0.25, 0.3) is 6.08 Å². The van der Waals surface area contributed by atoms with Crippen molar-refractivity contribution in [1.82, 2.24) is 0 Å². The van der Waals surface area contributed by atoms with Gasteiger partial charge in [-0.15, -0.1) is 0 Å². The van der Waals surface area contributed by atoms with Crippen molar-refractivity contribution in [1.29, 1.82) is 0 Å². The lowest BCUT2D eigenvalue weighted by Gasteiger charge is -2.17. The Bertz CT molecular complexity index is 820. The van der Waals surface area contributed by atoms with Crippen LogP contribution >= 0.6 is 0 Å². The summed E-state index contributed by atoms with van der Waals surface area (Å²) >= 11 is 0. The summed E-state index contributed by atoms with van der Waals surface area (Å²) in [5.41, 5.74) is -3.59. The minimum absolute atomic E-state index is 0.0396. The van der Waals surface area contributed by atoms with Crippen LogP contribution in [-0.4, -0.2) is 21.6 Å². The predicted octanol–water partition coefficient (Wildman–Crippen LogP) is 1.55. The number of fused-ring (bicyclic) bond motifs is 1. The molecule has 110 valence electrons. The summed E-state index contributed by atoms with van der Waals surface area (Å²) in [6.07, 6.45) is 2.23. The molecule has 1 aromatic heterocycles. The molecule has 1 unspecified atom stereocenters. The first kappa shape index (κ1) is 13.9. The van der Waals surface area contributed by atoms with E-state index in [9.17, 15) is 24.8 Å². The number of rotatable bonds is 3. The second-order valence-electron chi connectivity index (χ2n) is 4.72. The highest BCUT2D eigenvalue weighted by atomic mass is 16.6. The van der Waals surface area contributed by atoms with Crippen molar-refractivity contribution in [2.45, 2.75) is 5.60 Å². The van der Waals surface area contributed by atoms with Crippen LogP contribution in [0, 0.1) is 10.1 Å². The van der Waals surface area contributed by atoms with Crippen LogP contribution < -0.4 is 0 Å². The second-order valence-corrected chi connectivity index (χ2v) is 4.72. The van der Waals surface area contributed by atoms with Gasteiger partial charge in [0, 0.05) is 11.1 Å². The van der Waals surface area contributed by atoms with Crippen LogP contribution in [0.1, 0.15) is 21.7 Å². The maximum Gasteiger partial charge on any atom is 0.294 e. The van der Waals surface area contributed by atoms with E-state index >= 15 is 0 Å². The highest BCUT2D eigenvalue weighted by Gasteiger charge is 2.58. The molecule has 7 heteroatoms. The van der Waals surface area contributed by atoms with Crippen LogP contribution in [0.15, 0.2) is 52.8 Å². The zero-order chi connectivity index (χ0) is 15.9. The van der Waals surface area contributed by atoms with E-state index in [1.54, 1.807) is 0 Å². The molecule has 0 aliphatic heterocycles. The fraction of sp³-hybridized carbons (Fsp3) is 0.0667. The van der Waals surface area contributed by atoms with Gasteiger partial charge in [-0.05, 0) is 12.1 Å². The molecule has 3 rings (SSSR count). The Hall–Kier alpha value is -3.06. The van der Waals surface area contributed by atoms with Crippen molar-refractivity contribution >= 4 is 17.6 Å². The Morgan fingerprint density at radius 2 is 1.95 bits per heavy atom. The fourth-order valence-electron chi connectivity index (χ4n) is 2.46. The summed E-state index contributed by atoms with van der Waals surface area (Å²) in [6, 6.07) is 8.59. The van der Waals surface area contributed by atoms with Crippen LogP contribution in [0.4, 0.5) is 0 Å². The first-order valence-corrected chi connectivity index (χ1v) is 6.27. The van der Waals surface area contributed by atoms with E-state index < -0.39 is 27.8 Å². The summed E-state index contributed by atoms with van der Waals surface area (Å²) in [6.45, 7) is 0. The monoisotopic (exact) mass is 299 g/mol. The molecule has 1 N–H and O–H groups in total. The number of Topliss-reactive ketones (excluding diaryl/α,β-unsaturated/α-hetero) is 2. The number of nitro groups is 1. The van der Waals surface area contributed by atoms with Gasteiger partial charge in [-0.2, -0.15) is 0 Å². The molecule has 0 radical (unpaired) electrons. The number of benzene rings is 1. The highest BCUT2D eigenvalue weighted by molar-refractivity contribution is 6.50. The highest BCUT2D eigenvalue weighted by Crippen LogP contribution is 2.40. The molecule has 1 atom stereocenters. The topological polar surface area (TPSA) is 111 Å². The average molecular weight is 299 g/mol. The quantitative estimate of drug-likeness (QED) is 0.523. The number of nitrogens with zero attached hydrogens (tertiary/aromatic N) is 1. The number of aliphatic hydroxyl groups is 1. The van der Waals surface area contributed by atoms with E-state index in [2.05, 4.69) is 0 Å². The number of hydrogen-bond acceptors (Lipinski definition) is 6. The Kier molecular flexibility index (Phi) is 3.00. The largest absolute Gasteiger partial charge is 0.465 e. The number of ketones is 2. The van der Waals surface area contributed by atoms with Crippen molar-refractivity contribution in [2.24, 2.45) is 0 Å². The third-order valence-corrected chi connectivity index (χ3v) is 3.49. The normalized spacial score (nSPS) is 21.0. The van der Waals surface area contributed by atoms with Gasteiger partial charge in [0.1, 0.15) is 5.76 Å². The molecule has 22 heavy (non-hydrogen) atoms. The van der Waals surface area contributed by atoms with Gasteiger partial charge in [-0.3, -0.25) is 19.7 Å². The summed E-state index contributed by atoms with van der Waals surface area (Å²) in [5, 5.41) is 22.0. The van der Waals surface area contributed by atoms with E-state index in [0.29, 0.717) is 0 Å². The smallest absolute Gasteiger partial charge is 0.294 e. The molecular formula is C15H9NO6. The second kappa shape index (κ2) is 4.74. The first-order valence-electron chi connectivity index (χ1n) is 6.27. The van der Waals surface area contributed by atoms with Crippen LogP contribution in [0.3, 0.4) is 0 Å². The molecule has 2 aromatic rings. The van der Waals surface area contributed by atoms with Crippen molar-refractivity contribution in [3.05, 3.63) is 75.4 Å². The standard InChI is InChI=1S/C15H9NO6/c17-13-10-5-1-2-6-11(10)15(19,14(13)18)12(16(20)21)8-9-4-3-7-22-9/h1-8,19H/b12-8-. The summed E-state index contributed by atoms with van der Waals surface area (Å²) in [5.74, 6) is -2.11. The Morgan fingerprint density at radius 1 is 1.23 bits per heavy atom. The molecule has 1 aliphatic carbocycles. The molecule has 0 amide bonds. The average Bonchev–Trinajstić information content (AvgIpc) is 3.08. The van der Waals surface area contributed by atoms with Gasteiger partial charge in [-0.1, -0.05) is 24.3 Å². The fourth-order valence-corrected chi connectivity index (χ4v) is 2.46. The van der Waals surface area contributed by atoms with E-state index in [1.165, 1.54) is 42.7 Å². The van der Waals surface area contributed by atoms with Gasteiger partial charge in [0.05, 0.1) is 17.3 Å². The maximum absolute atomic E-state index is 12.2. The van der Waals surface area contributed by atoms with E-state index in [1.807, 2.05) is 0 Å². The summed E-state index contributed by atoms with van der Waals surface area (Å²) in [7, 11) is 0. The van der Waals surface area contributed by atoms with Gasteiger partial charge in [0.15, 0.2) is 0 Å². The zero-order valence-electron chi connectivity index (χ0n) is 11.1. The van der Waals surface area contributed by atoms with Crippen LogP contribution in [0.2, 0.25) is 0 Å². The molecule has 1 aliphatic rings. The summed E-state index contributed by atoms with van der Waals surface area (Å²) < 4.78 is 4.98. The SMILES string of the molecule is O=C1C(=O)C(O)(/C(=C/c2ccco2)[N+](=O)[O-])c2ccccc21. The van der Waals surface area contributed by atoms with Crippen LogP contribution in [0.5, 0.6) is 0 Å². The Morgan fingerprint density at radius 3 is 2.59 bits per heavy atom. The van der Waals surface area contributed by atoms with Crippen LogP contribution in [-0.2, 0) is 10.4 Å². The van der Waals surface area contributed by atoms with Gasteiger partial charge in [0.25, 0.3) is 11.5 Å². The van der Waals surface area contributed by atoms with Crippen molar-refractivity contribution in [3.63, 3.8) is 0 Å². The third kappa shape index (κ3) is 1.80.